The Bertz CT molecular complexity index is 1400. The summed E-state index contributed by atoms with van der Waals surface area (Å²) in [6, 6.07) is 16.5. The number of halogens is 2. The lowest BCUT2D eigenvalue weighted by Gasteiger charge is -2.12. The zero-order chi connectivity index (χ0) is 24.9. The van der Waals surface area contributed by atoms with Crippen molar-refractivity contribution in [3.63, 3.8) is 0 Å². The molecule has 2 N–H and O–H groups in total. The van der Waals surface area contributed by atoms with Crippen LogP contribution in [0.15, 0.2) is 67.0 Å². The first-order valence-electron chi connectivity index (χ1n) is 10.9. The average molecular weight is 508 g/mol. The maximum atomic E-state index is 12.0. The molecule has 0 aliphatic carbocycles. The summed E-state index contributed by atoms with van der Waals surface area (Å²) < 4.78 is 1.80. The number of hydrogen-bond donors (Lipinski definition) is 2. The standard InChI is InChI=1S/C26H23Cl2N5O2/c1-16(34)30-13-19-14-31-25(21-7-6-20(27)11-23(21)28)12-22(19)24-8-9-33(32-24)15-17-4-3-5-18(10-17)26(35)29-2/h3-12,14H,13,15H2,1-2H3,(H,29,35)(H,30,34). The summed E-state index contributed by atoms with van der Waals surface area (Å²) in [5.74, 6) is -0.275. The highest BCUT2D eigenvalue weighted by Crippen LogP contribution is 2.32. The van der Waals surface area contributed by atoms with Crippen molar-refractivity contribution in [1.82, 2.24) is 25.4 Å². The number of aromatic nitrogens is 3. The molecule has 2 amide bonds. The SMILES string of the molecule is CNC(=O)c1cccc(Cn2ccc(-c3cc(-c4ccc(Cl)cc4Cl)ncc3CNC(C)=O)n2)c1. The second-order valence-corrected chi connectivity index (χ2v) is 8.78. The number of nitrogens with one attached hydrogen (secondary N) is 2. The Morgan fingerprint density at radius 1 is 1.00 bits per heavy atom. The van der Waals surface area contributed by atoms with Gasteiger partial charge in [-0.25, -0.2) is 0 Å². The van der Waals surface area contributed by atoms with Gasteiger partial charge in [0.15, 0.2) is 0 Å². The van der Waals surface area contributed by atoms with E-state index in [1.54, 1.807) is 36.1 Å². The number of carbonyl (C=O) groups is 2. The third kappa shape index (κ3) is 5.88. The molecule has 0 radical (unpaired) electrons. The van der Waals surface area contributed by atoms with Crippen molar-refractivity contribution in [3.05, 3.63) is 93.7 Å². The molecule has 0 spiro atoms. The number of pyridine rings is 1. The maximum absolute atomic E-state index is 12.0. The van der Waals surface area contributed by atoms with Gasteiger partial charge in [0.1, 0.15) is 0 Å². The molecule has 9 heteroatoms. The van der Waals surface area contributed by atoms with Crippen LogP contribution in [0, 0.1) is 0 Å². The molecule has 0 fully saturated rings. The van der Waals surface area contributed by atoms with Crippen LogP contribution in [0.2, 0.25) is 10.0 Å². The molecule has 0 bridgehead atoms. The van der Waals surface area contributed by atoms with Crippen LogP contribution in [0.1, 0.15) is 28.4 Å². The van der Waals surface area contributed by atoms with Gasteiger partial charge in [-0.05, 0) is 53.6 Å². The molecule has 0 atom stereocenters. The lowest BCUT2D eigenvalue weighted by atomic mass is 10.0. The van der Waals surface area contributed by atoms with Crippen molar-refractivity contribution in [2.24, 2.45) is 0 Å². The Balaban J connectivity index is 1.68. The van der Waals surface area contributed by atoms with Crippen molar-refractivity contribution in [2.45, 2.75) is 20.0 Å². The summed E-state index contributed by atoms with van der Waals surface area (Å²) in [6.45, 7) is 2.27. The first kappa shape index (κ1) is 24.4. The predicted molar refractivity (Wildman–Crippen MR) is 137 cm³/mol. The lowest BCUT2D eigenvalue weighted by molar-refractivity contribution is -0.119. The van der Waals surface area contributed by atoms with E-state index in [0.717, 1.165) is 27.9 Å². The van der Waals surface area contributed by atoms with Crippen LogP contribution >= 0.6 is 23.2 Å². The van der Waals surface area contributed by atoms with Gasteiger partial charge in [0.2, 0.25) is 5.91 Å². The van der Waals surface area contributed by atoms with Crippen molar-refractivity contribution in [1.29, 1.82) is 0 Å². The molecule has 0 saturated carbocycles. The van der Waals surface area contributed by atoms with E-state index in [9.17, 15) is 9.59 Å². The zero-order valence-electron chi connectivity index (χ0n) is 19.2. The molecule has 178 valence electrons. The summed E-state index contributed by atoms with van der Waals surface area (Å²) in [7, 11) is 1.60. The summed E-state index contributed by atoms with van der Waals surface area (Å²) in [5.41, 5.74) is 5.32. The van der Waals surface area contributed by atoms with E-state index in [1.165, 1.54) is 6.92 Å². The highest BCUT2D eigenvalue weighted by molar-refractivity contribution is 6.36. The van der Waals surface area contributed by atoms with Crippen LogP contribution < -0.4 is 10.6 Å². The second kappa shape index (κ2) is 10.7. The third-order valence-corrected chi connectivity index (χ3v) is 5.95. The third-order valence-electron chi connectivity index (χ3n) is 5.40. The van der Waals surface area contributed by atoms with E-state index >= 15 is 0 Å². The summed E-state index contributed by atoms with van der Waals surface area (Å²) in [4.78, 5) is 28.0. The van der Waals surface area contributed by atoms with Gasteiger partial charge in [-0.15, -0.1) is 0 Å². The molecular weight excluding hydrogens is 485 g/mol. The molecule has 0 unspecified atom stereocenters. The quantitative estimate of drug-likeness (QED) is 0.369. The summed E-state index contributed by atoms with van der Waals surface area (Å²) in [6.07, 6.45) is 3.59. The number of rotatable bonds is 7. The highest BCUT2D eigenvalue weighted by atomic mass is 35.5. The minimum absolute atomic E-state index is 0.137. The Morgan fingerprint density at radius 2 is 1.83 bits per heavy atom. The van der Waals surface area contributed by atoms with Gasteiger partial charge >= 0.3 is 0 Å². The number of carbonyl (C=O) groups excluding carboxylic acids is 2. The Hall–Kier alpha value is -3.68. The van der Waals surface area contributed by atoms with Gasteiger partial charge in [0.05, 0.1) is 23.0 Å². The van der Waals surface area contributed by atoms with Gasteiger partial charge in [-0.2, -0.15) is 5.10 Å². The Kier molecular flexibility index (Phi) is 7.48. The normalized spacial score (nSPS) is 10.7. The largest absolute Gasteiger partial charge is 0.355 e. The van der Waals surface area contributed by atoms with Gasteiger partial charge in [-0.3, -0.25) is 19.3 Å². The summed E-state index contributed by atoms with van der Waals surface area (Å²) in [5, 5.41) is 11.2. The molecule has 2 aromatic heterocycles. The molecule has 2 aromatic carbocycles. The number of nitrogens with zero attached hydrogens (tertiary/aromatic N) is 3. The second-order valence-electron chi connectivity index (χ2n) is 7.94. The minimum Gasteiger partial charge on any atom is -0.355 e. The Morgan fingerprint density at radius 3 is 2.57 bits per heavy atom. The monoisotopic (exact) mass is 507 g/mol. The molecule has 0 aliphatic rings. The van der Waals surface area contributed by atoms with Crippen molar-refractivity contribution >= 4 is 35.0 Å². The van der Waals surface area contributed by atoms with E-state index < -0.39 is 0 Å². The molecule has 0 aliphatic heterocycles. The molecule has 4 aromatic rings. The van der Waals surface area contributed by atoms with Gasteiger partial charge in [0.25, 0.3) is 5.91 Å². The van der Waals surface area contributed by atoms with Crippen molar-refractivity contribution < 1.29 is 9.59 Å². The van der Waals surface area contributed by atoms with E-state index in [-0.39, 0.29) is 11.8 Å². The Labute approximate surface area is 213 Å². The number of hydrogen-bond acceptors (Lipinski definition) is 4. The van der Waals surface area contributed by atoms with Crippen molar-refractivity contribution in [2.75, 3.05) is 7.05 Å². The van der Waals surface area contributed by atoms with Gasteiger partial charge < -0.3 is 10.6 Å². The van der Waals surface area contributed by atoms with Crippen LogP contribution in [0.5, 0.6) is 0 Å². The van der Waals surface area contributed by atoms with Crippen LogP contribution in [0.25, 0.3) is 22.5 Å². The van der Waals surface area contributed by atoms with Crippen LogP contribution in [-0.4, -0.2) is 33.6 Å². The fraction of sp³-hybridized carbons (Fsp3) is 0.154. The number of amides is 2. The molecule has 0 saturated heterocycles. The van der Waals surface area contributed by atoms with Crippen LogP contribution in [-0.2, 0) is 17.9 Å². The molecule has 2 heterocycles. The molecular formula is C26H23Cl2N5O2. The van der Waals surface area contributed by atoms with Gasteiger partial charge in [0, 0.05) is 54.6 Å². The molecule has 7 nitrogen and oxygen atoms in total. The van der Waals surface area contributed by atoms with Crippen LogP contribution in [0.3, 0.4) is 0 Å². The topological polar surface area (TPSA) is 88.9 Å². The lowest BCUT2D eigenvalue weighted by Crippen LogP contribution is -2.19. The van der Waals surface area contributed by atoms with Crippen molar-refractivity contribution in [3.8, 4) is 22.5 Å². The fourth-order valence-electron chi connectivity index (χ4n) is 3.66. The smallest absolute Gasteiger partial charge is 0.251 e. The first-order valence-corrected chi connectivity index (χ1v) is 11.6. The maximum Gasteiger partial charge on any atom is 0.251 e. The fourth-order valence-corrected chi connectivity index (χ4v) is 4.17. The zero-order valence-corrected chi connectivity index (χ0v) is 20.7. The van der Waals surface area contributed by atoms with E-state index in [0.29, 0.717) is 34.4 Å². The average Bonchev–Trinajstić information content (AvgIpc) is 3.30. The van der Waals surface area contributed by atoms with E-state index in [2.05, 4.69) is 15.6 Å². The minimum atomic E-state index is -0.138. The predicted octanol–water partition coefficient (Wildman–Crippen LogP) is 4.96. The number of benzene rings is 2. The molecule has 4 rings (SSSR count). The highest BCUT2D eigenvalue weighted by Gasteiger charge is 2.14. The summed E-state index contributed by atoms with van der Waals surface area (Å²) >= 11 is 12.5. The van der Waals surface area contributed by atoms with Crippen LogP contribution in [0.4, 0.5) is 0 Å². The van der Waals surface area contributed by atoms with E-state index in [1.807, 2.05) is 42.6 Å². The van der Waals surface area contributed by atoms with Gasteiger partial charge in [-0.1, -0.05) is 35.3 Å². The van der Waals surface area contributed by atoms with E-state index in [4.69, 9.17) is 28.3 Å². The molecule has 35 heavy (non-hydrogen) atoms. The first-order chi connectivity index (χ1) is 16.8.